The van der Waals surface area contributed by atoms with Gasteiger partial charge in [-0.1, -0.05) is 65.4 Å². The molecule has 0 saturated carbocycles. The molecule has 36 heavy (non-hydrogen) atoms. The van der Waals surface area contributed by atoms with Gasteiger partial charge in [0.05, 0.1) is 14.2 Å². The highest BCUT2D eigenvalue weighted by Crippen LogP contribution is 2.27. The van der Waals surface area contributed by atoms with Crippen molar-refractivity contribution in [3.05, 3.63) is 88.9 Å². The maximum atomic E-state index is 13.3. The molecule has 0 radical (unpaired) electrons. The second-order valence-corrected chi connectivity index (χ2v) is 9.14. The molecule has 8 nitrogen and oxygen atoms in total. The number of rotatable bonds is 9. The maximum absolute atomic E-state index is 13.3. The summed E-state index contributed by atoms with van der Waals surface area (Å²) in [5, 5.41) is 15.4. The smallest absolute Gasteiger partial charge is 0.252 e. The predicted octanol–water partition coefficient (Wildman–Crippen LogP) is 4.86. The molecular weight excluding hydrogens is 500 g/mol. The Bertz CT molecular complexity index is 1320. The van der Waals surface area contributed by atoms with Crippen LogP contribution in [0.5, 0.6) is 11.5 Å². The summed E-state index contributed by atoms with van der Waals surface area (Å²) in [5.41, 5.74) is 2.02. The van der Waals surface area contributed by atoms with Crippen LogP contribution in [0.1, 0.15) is 15.9 Å². The van der Waals surface area contributed by atoms with E-state index in [0.717, 1.165) is 11.1 Å². The SMILES string of the molecule is COc1cc(OC)cc(C(=O)N[C@@H](Cc2ccccc2)C(=O)Nc2nnc(-c3ccc(Cl)cc3)s2)c1. The highest BCUT2D eigenvalue weighted by Gasteiger charge is 2.24. The molecule has 184 valence electrons. The Morgan fingerprint density at radius 3 is 2.25 bits per heavy atom. The molecule has 0 fully saturated rings. The molecule has 1 aromatic heterocycles. The van der Waals surface area contributed by atoms with E-state index < -0.39 is 17.9 Å². The monoisotopic (exact) mass is 522 g/mol. The van der Waals surface area contributed by atoms with Crippen molar-refractivity contribution in [3.8, 4) is 22.1 Å². The summed E-state index contributed by atoms with van der Waals surface area (Å²) in [5.74, 6) is 0.0718. The zero-order valence-electron chi connectivity index (χ0n) is 19.5. The molecule has 0 saturated heterocycles. The van der Waals surface area contributed by atoms with Gasteiger partial charge < -0.3 is 14.8 Å². The molecule has 1 atom stereocenters. The van der Waals surface area contributed by atoms with Crippen molar-refractivity contribution in [2.75, 3.05) is 19.5 Å². The fraction of sp³-hybridized carbons (Fsp3) is 0.154. The fourth-order valence-corrected chi connectivity index (χ4v) is 4.29. The van der Waals surface area contributed by atoms with Gasteiger partial charge >= 0.3 is 0 Å². The molecule has 0 spiro atoms. The molecule has 0 aliphatic heterocycles. The van der Waals surface area contributed by atoms with E-state index >= 15 is 0 Å². The Morgan fingerprint density at radius 2 is 1.61 bits per heavy atom. The first kappa shape index (κ1) is 25.2. The van der Waals surface area contributed by atoms with Crippen LogP contribution < -0.4 is 20.1 Å². The van der Waals surface area contributed by atoms with Crippen LogP contribution in [0.15, 0.2) is 72.8 Å². The van der Waals surface area contributed by atoms with Crippen LogP contribution >= 0.6 is 22.9 Å². The van der Waals surface area contributed by atoms with Crippen LogP contribution in [0.2, 0.25) is 5.02 Å². The van der Waals surface area contributed by atoms with Crippen LogP contribution in [0, 0.1) is 0 Å². The molecule has 3 aromatic carbocycles. The molecule has 4 aromatic rings. The minimum Gasteiger partial charge on any atom is -0.497 e. The second-order valence-electron chi connectivity index (χ2n) is 7.73. The summed E-state index contributed by atoms with van der Waals surface area (Å²) in [6.07, 6.45) is 0.280. The zero-order valence-corrected chi connectivity index (χ0v) is 21.1. The van der Waals surface area contributed by atoms with Crippen molar-refractivity contribution in [2.45, 2.75) is 12.5 Å². The van der Waals surface area contributed by atoms with Gasteiger partial charge in [0.25, 0.3) is 5.91 Å². The van der Waals surface area contributed by atoms with Crippen molar-refractivity contribution in [1.82, 2.24) is 15.5 Å². The molecule has 2 N–H and O–H groups in total. The maximum Gasteiger partial charge on any atom is 0.252 e. The van der Waals surface area contributed by atoms with Crippen molar-refractivity contribution >= 4 is 39.9 Å². The number of benzene rings is 3. The lowest BCUT2D eigenvalue weighted by atomic mass is 10.0. The number of carbonyl (C=O) groups excluding carboxylic acids is 2. The van der Waals surface area contributed by atoms with Gasteiger partial charge in [0.2, 0.25) is 11.0 Å². The summed E-state index contributed by atoms with van der Waals surface area (Å²) >= 11 is 7.18. The summed E-state index contributed by atoms with van der Waals surface area (Å²) in [6, 6.07) is 20.6. The first-order valence-corrected chi connectivity index (χ1v) is 12.1. The molecule has 0 aliphatic carbocycles. The van der Waals surface area contributed by atoms with Crippen molar-refractivity contribution in [3.63, 3.8) is 0 Å². The molecule has 0 unspecified atom stereocenters. The zero-order chi connectivity index (χ0) is 25.5. The van der Waals surface area contributed by atoms with Gasteiger partial charge in [0, 0.05) is 28.6 Å². The number of nitrogens with zero attached hydrogens (tertiary/aromatic N) is 2. The second kappa shape index (κ2) is 11.7. The van der Waals surface area contributed by atoms with E-state index in [-0.39, 0.29) is 6.42 Å². The Labute approximate surface area is 217 Å². The first-order valence-electron chi connectivity index (χ1n) is 10.9. The lowest BCUT2D eigenvalue weighted by Gasteiger charge is -2.18. The quantitative estimate of drug-likeness (QED) is 0.325. The number of methoxy groups -OCH3 is 2. The fourth-order valence-electron chi connectivity index (χ4n) is 3.41. The highest BCUT2D eigenvalue weighted by atomic mass is 35.5. The van der Waals surface area contributed by atoms with Crippen molar-refractivity contribution < 1.29 is 19.1 Å². The molecule has 1 heterocycles. The number of halogens is 1. The number of hydrogen-bond donors (Lipinski definition) is 2. The van der Waals surface area contributed by atoms with E-state index in [2.05, 4.69) is 20.8 Å². The number of ether oxygens (including phenoxy) is 2. The van der Waals surface area contributed by atoms with Crippen molar-refractivity contribution in [1.29, 1.82) is 0 Å². The van der Waals surface area contributed by atoms with E-state index in [1.54, 1.807) is 30.3 Å². The average molecular weight is 523 g/mol. The van der Waals surface area contributed by atoms with E-state index in [1.807, 2.05) is 42.5 Å². The molecule has 0 aliphatic rings. The number of carbonyl (C=O) groups is 2. The summed E-state index contributed by atoms with van der Waals surface area (Å²) in [4.78, 5) is 26.4. The number of anilines is 1. The molecule has 4 rings (SSSR count). The van der Waals surface area contributed by atoms with Crippen LogP contribution in [-0.4, -0.2) is 42.3 Å². The highest BCUT2D eigenvalue weighted by molar-refractivity contribution is 7.18. The van der Waals surface area contributed by atoms with E-state index in [9.17, 15) is 9.59 Å². The minimum absolute atomic E-state index is 0.280. The van der Waals surface area contributed by atoms with Gasteiger partial charge in [-0.2, -0.15) is 0 Å². The molecular formula is C26H23ClN4O4S. The van der Waals surface area contributed by atoms with Gasteiger partial charge in [-0.05, 0) is 29.8 Å². The van der Waals surface area contributed by atoms with Crippen LogP contribution in [-0.2, 0) is 11.2 Å². The van der Waals surface area contributed by atoms with Crippen LogP contribution in [0.25, 0.3) is 10.6 Å². The lowest BCUT2D eigenvalue weighted by molar-refractivity contribution is -0.118. The first-order chi connectivity index (χ1) is 17.4. The Kier molecular flexibility index (Phi) is 8.14. The van der Waals surface area contributed by atoms with Crippen LogP contribution in [0.4, 0.5) is 5.13 Å². The van der Waals surface area contributed by atoms with Gasteiger partial charge in [0.15, 0.2) is 0 Å². The third kappa shape index (κ3) is 6.38. The largest absolute Gasteiger partial charge is 0.497 e. The standard InChI is InChI=1S/C26H23ClN4O4S/c1-34-20-13-18(14-21(15-20)35-2)23(32)28-22(12-16-6-4-3-5-7-16)24(33)29-26-31-30-25(36-26)17-8-10-19(27)11-9-17/h3-11,13-15,22H,12H2,1-2H3,(H,28,32)(H,29,31,33)/t22-/m0/s1. The van der Waals surface area contributed by atoms with Gasteiger partial charge in [-0.3, -0.25) is 14.9 Å². The lowest BCUT2D eigenvalue weighted by Crippen LogP contribution is -2.45. The van der Waals surface area contributed by atoms with E-state index in [0.29, 0.717) is 32.2 Å². The van der Waals surface area contributed by atoms with E-state index in [1.165, 1.54) is 25.6 Å². The average Bonchev–Trinajstić information content (AvgIpc) is 3.37. The van der Waals surface area contributed by atoms with Gasteiger partial charge in [-0.25, -0.2) is 0 Å². The Balaban J connectivity index is 1.54. The normalized spacial score (nSPS) is 11.4. The summed E-state index contributed by atoms with van der Waals surface area (Å²) in [7, 11) is 3.00. The summed E-state index contributed by atoms with van der Waals surface area (Å²) < 4.78 is 10.5. The Hall–Kier alpha value is -3.95. The third-order valence-corrected chi connectivity index (χ3v) is 6.40. The summed E-state index contributed by atoms with van der Waals surface area (Å²) in [6.45, 7) is 0. The predicted molar refractivity (Wildman–Crippen MR) is 140 cm³/mol. The number of amides is 2. The van der Waals surface area contributed by atoms with Gasteiger partial charge in [-0.15, -0.1) is 10.2 Å². The number of aromatic nitrogens is 2. The van der Waals surface area contributed by atoms with Crippen molar-refractivity contribution in [2.24, 2.45) is 0 Å². The van der Waals surface area contributed by atoms with Gasteiger partial charge in [0.1, 0.15) is 22.5 Å². The third-order valence-electron chi connectivity index (χ3n) is 5.26. The van der Waals surface area contributed by atoms with Crippen LogP contribution in [0.3, 0.4) is 0 Å². The number of hydrogen-bond acceptors (Lipinski definition) is 7. The number of nitrogens with one attached hydrogen (secondary N) is 2. The minimum atomic E-state index is -0.875. The molecule has 0 bridgehead atoms. The topological polar surface area (TPSA) is 102 Å². The van der Waals surface area contributed by atoms with E-state index in [4.69, 9.17) is 21.1 Å². The molecule has 2 amide bonds. The molecule has 10 heteroatoms. The Morgan fingerprint density at radius 1 is 0.944 bits per heavy atom.